The molecule has 1 aliphatic heterocycles. The first-order valence-electron chi connectivity index (χ1n) is 9.52. The Morgan fingerprint density at radius 1 is 1.31 bits per heavy atom. The summed E-state index contributed by atoms with van der Waals surface area (Å²) in [6.45, 7) is 1.93. The second kappa shape index (κ2) is 7.50. The quantitative estimate of drug-likeness (QED) is 0.741. The Labute approximate surface area is 153 Å². The van der Waals surface area contributed by atoms with E-state index >= 15 is 0 Å². The summed E-state index contributed by atoms with van der Waals surface area (Å²) in [5, 5.41) is 12.8. The zero-order valence-electron chi connectivity index (χ0n) is 14.9. The summed E-state index contributed by atoms with van der Waals surface area (Å²) in [7, 11) is 0. The van der Waals surface area contributed by atoms with E-state index in [0.717, 1.165) is 31.6 Å². The second-order valence-electron chi connectivity index (χ2n) is 7.41. The number of aromatic amines is 1. The molecule has 6 nitrogen and oxygen atoms in total. The number of hydrogen-bond acceptors (Lipinski definition) is 4. The molecular weight excluding hydrogens is 328 g/mol. The van der Waals surface area contributed by atoms with Gasteiger partial charge >= 0.3 is 5.97 Å². The van der Waals surface area contributed by atoms with Crippen LogP contribution in [0.3, 0.4) is 0 Å². The molecule has 1 atom stereocenters. The van der Waals surface area contributed by atoms with Crippen LogP contribution >= 0.6 is 0 Å². The lowest BCUT2D eigenvalue weighted by atomic mass is 10.0. The Morgan fingerprint density at radius 2 is 2.12 bits per heavy atom. The molecule has 0 bridgehead atoms. The predicted molar refractivity (Wildman–Crippen MR) is 101 cm³/mol. The number of nitrogens with one attached hydrogen (secondary N) is 2. The van der Waals surface area contributed by atoms with Crippen molar-refractivity contribution in [2.24, 2.45) is 0 Å². The number of H-pyrrole nitrogens is 1. The number of benzene rings is 1. The maximum absolute atomic E-state index is 11.6. The Hall–Kier alpha value is -2.34. The van der Waals surface area contributed by atoms with Gasteiger partial charge < -0.3 is 20.3 Å². The molecule has 2 aliphatic rings. The third-order valence-electron chi connectivity index (χ3n) is 5.66. The average molecular weight is 354 g/mol. The second-order valence-corrected chi connectivity index (χ2v) is 7.41. The van der Waals surface area contributed by atoms with E-state index in [9.17, 15) is 9.90 Å². The maximum atomic E-state index is 11.6. The minimum Gasteiger partial charge on any atom is -0.480 e. The van der Waals surface area contributed by atoms with Crippen LogP contribution in [0.15, 0.2) is 30.7 Å². The average Bonchev–Trinajstić information content (AvgIpc) is 3.32. The lowest BCUT2D eigenvalue weighted by molar-refractivity contribution is -0.139. The number of aryl methyl sites for hydroxylation is 2. The van der Waals surface area contributed by atoms with Crippen LogP contribution in [-0.2, 0) is 24.1 Å². The Balaban J connectivity index is 1.33. The lowest BCUT2D eigenvalue weighted by Crippen LogP contribution is -2.49. The van der Waals surface area contributed by atoms with Crippen molar-refractivity contribution in [1.82, 2.24) is 15.3 Å². The van der Waals surface area contributed by atoms with Crippen molar-refractivity contribution in [3.63, 3.8) is 0 Å². The highest BCUT2D eigenvalue weighted by Crippen LogP contribution is 2.28. The molecule has 6 heteroatoms. The number of fused-ring (bicyclic) bond motifs is 1. The number of aromatic nitrogens is 2. The van der Waals surface area contributed by atoms with Gasteiger partial charge in [-0.3, -0.25) is 4.79 Å². The molecule has 1 saturated heterocycles. The summed E-state index contributed by atoms with van der Waals surface area (Å²) >= 11 is 0. The number of carbonyl (C=O) groups is 1. The SMILES string of the molecule is O=C(O)[C@H](Cc1cnc[nH]1)NC1CCN(c2ccc3c(c2)CCC3)CC1. The highest BCUT2D eigenvalue weighted by atomic mass is 16.4. The van der Waals surface area contributed by atoms with Gasteiger partial charge in [0.25, 0.3) is 0 Å². The molecule has 0 unspecified atom stereocenters. The highest BCUT2D eigenvalue weighted by Gasteiger charge is 2.26. The Morgan fingerprint density at radius 3 is 2.85 bits per heavy atom. The number of nitrogens with zero attached hydrogens (tertiary/aromatic N) is 2. The summed E-state index contributed by atoms with van der Waals surface area (Å²) in [6.07, 6.45) is 9.33. The third kappa shape index (κ3) is 3.75. The minimum atomic E-state index is -0.805. The van der Waals surface area contributed by atoms with E-state index in [1.165, 1.54) is 36.1 Å². The van der Waals surface area contributed by atoms with E-state index in [1.54, 1.807) is 12.5 Å². The standard InChI is InChI=1S/C20H26N4O2/c25-20(26)19(11-17-12-21-13-22-17)23-16-6-8-24(9-7-16)18-5-4-14-2-1-3-15(14)10-18/h4-5,10,12-13,16,19,23H,1-3,6-9,11H2,(H,21,22)(H,25,26)/t19-/m0/s1. The van der Waals surface area contributed by atoms with Gasteiger partial charge in [0, 0.05) is 43.1 Å². The molecule has 0 radical (unpaired) electrons. The summed E-state index contributed by atoms with van der Waals surface area (Å²) in [5.74, 6) is -0.805. The van der Waals surface area contributed by atoms with Crippen molar-refractivity contribution < 1.29 is 9.90 Å². The van der Waals surface area contributed by atoms with E-state index in [0.29, 0.717) is 6.42 Å². The molecule has 0 spiro atoms. The van der Waals surface area contributed by atoms with E-state index in [1.807, 2.05) is 0 Å². The van der Waals surface area contributed by atoms with Crippen LogP contribution in [0.5, 0.6) is 0 Å². The number of hydrogen-bond donors (Lipinski definition) is 3. The molecule has 1 aromatic heterocycles. The van der Waals surface area contributed by atoms with Crippen LogP contribution in [0.1, 0.15) is 36.1 Å². The predicted octanol–water partition coefficient (Wildman–Crippen LogP) is 2.15. The highest BCUT2D eigenvalue weighted by molar-refractivity contribution is 5.73. The summed E-state index contributed by atoms with van der Waals surface area (Å²) < 4.78 is 0. The molecule has 3 N–H and O–H groups in total. The smallest absolute Gasteiger partial charge is 0.321 e. The summed E-state index contributed by atoms with van der Waals surface area (Å²) in [5.41, 5.74) is 5.18. The number of rotatable bonds is 6. The molecular formula is C20H26N4O2. The monoisotopic (exact) mass is 354 g/mol. The van der Waals surface area contributed by atoms with Crippen LogP contribution in [0.25, 0.3) is 0 Å². The van der Waals surface area contributed by atoms with Crippen LogP contribution < -0.4 is 10.2 Å². The topological polar surface area (TPSA) is 81.2 Å². The van der Waals surface area contributed by atoms with Gasteiger partial charge in [0.1, 0.15) is 6.04 Å². The first-order valence-corrected chi connectivity index (χ1v) is 9.52. The van der Waals surface area contributed by atoms with Crippen LogP contribution in [0.4, 0.5) is 5.69 Å². The van der Waals surface area contributed by atoms with E-state index in [2.05, 4.69) is 38.4 Å². The fourth-order valence-corrected chi connectivity index (χ4v) is 4.18. The van der Waals surface area contributed by atoms with Gasteiger partial charge in [-0.25, -0.2) is 4.98 Å². The van der Waals surface area contributed by atoms with Gasteiger partial charge in [0.05, 0.1) is 6.33 Å². The molecule has 1 aromatic carbocycles. The maximum Gasteiger partial charge on any atom is 0.321 e. The van der Waals surface area contributed by atoms with Crippen molar-refractivity contribution in [2.75, 3.05) is 18.0 Å². The van der Waals surface area contributed by atoms with Crippen molar-refractivity contribution >= 4 is 11.7 Å². The van der Waals surface area contributed by atoms with Gasteiger partial charge in [-0.1, -0.05) is 6.07 Å². The first-order chi connectivity index (χ1) is 12.7. The zero-order valence-corrected chi connectivity index (χ0v) is 14.9. The number of aliphatic carboxylic acids is 1. The van der Waals surface area contributed by atoms with Crippen LogP contribution in [-0.4, -0.2) is 46.2 Å². The Bertz CT molecular complexity index is 751. The molecule has 1 fully saturated rings. The van der Waals surface area contributed by atoms with Crippen molar-refractivity contribution in [3.05, 3.63) is 47.5 Å². The number of piperidine rings is 1. The lowest BCUT2D eigenvalue weighted by Gasteiger charge is -2.35. The number of imidazole rings is 1. The molecule has 0 saturated carbocycles. The number of anilines is 1. The zero-order chi connectivity index (χ0) is 17.9. The van der Waals surface area contributed by atoms with Crippen LogP contribution in [0, 0.1) is 0 Å². The molecule has 26 heavy (non-hydrogen) atoms. The molecule has 0 amide bonds. The van der Waals surface area contributed by atoms with Gasteiger partial charge in [-0.15, -0.1) is 0 Å². The fraction of sp³-hybridized carbons (Fsp3) is 0.500. The third-order valence-corrected chi connectivity index (χ3v) is 5.66. The molecule has 1 aliphatic carbocycles. The minimum absolute atomic E-state index is 0.240. The van der Waals surface area contributed by atoms with Gasteiger partial charge in [0.2, 0.25) is 0 Å². The molecule has 138 valence electrons. The molecule has 2 aromatic rings. The molecule has 2 heterocycles. The summed E-state index contributed by atoms with van der Waals surface area (Å²) in [4.78, 5) is 21.0. The normalized spacial score (nSPS) is 18.7. The van der Waals surface area contributed by atoms with Crippen LogP contribution in [0.2, 0.25) is 0 Å². The van der Waals surface area contributed by atoms with Crippen molar-refractivity contribution in [2.45, 2.75) is 50.6 Å². The van der Waals surface area contributed by atoms with E-state index in [-0.39, 0.29) is 6.04 Å². The van der Waals surface area contributed by atoms with Crippen molar-refractivity contribution in [1.29, 1.82) is 0 Å². The van der Waals surface area contributed by atoms with Gasteiger partial charge in [-0.2, -0.15) is 0 Å². The number of carboxylic acids is 1. The van der Waals surface area contributed by atoms with Gasteiger partial charge in [0.15, 0.2) is 0 Å². The van der Waals surface area contributed by atoms with E-state index < -0.39 is 12.0 Å². The fourth-order valence-electron chi connectivity index (χ4n) is 4.18. The van der Waals surface area contributed by atoms with Crippen molar-refractivity contribution in [3.8, 4) is 0 Å². The largest absolute Gasteiger partial charge is 0.480 e. The first kappa shape index (κ1) is 17.1. The summed E-state index contributed by atoms with van der Waals surface area (Å²) in [6, 6.07) is 6.55. The molecule has 4 rings (SSSR count). The number of carboxylic acid groups (broad SMARTS) is 1. The van der Waals surface area contributed by atoms with Gasteiger partial charge in [-0.05, 0) is 55.4 Å². The Kier molecular flexibility index (Phi) is 4.93. The van der Waals surface area contributed by atoms with E-state index in [4.69, 9.17) is 0 Å².